The molecule has 1 heterocycles. The number of rotatable bonds is 6. The van der Waals surface area contributed by atoms with E-state index in [1.54, 1.807) is 37.5 Å². The van der Waals surface area contributed by atoms with Crippen LogP contribution in [0.25, 0.3) is 0 Å². The summed E-state index contributed by atoms with van der Waals surface area (Å²) in [4.78, 5) is 23.4. The number of anilines is 1. The fourth-order valence-electron chi connectivity index (χ4n) is 2.11. The van der Waals surface area contributed by atoms with Crippen molar-refractivity contribution in [2.75, 3.05) is 5.32 Å². The number of amides is 1. The highest BCUT2D eigenvalue weighted by Gasteiger charge is 2.17. The van der Waals surface area contributed by atoms with Crippen molar-refractivity contribution >= 4 is 17.4 Å². The van der Waals surface area contributed by atoms with Crippen molar-refractivity contribution in [2.24, 2.45) is 0 Å². The Balaban J connectivity index is 1.92. The summed E-state index contributed by atoms with van der Waals surface area (Å²) in [6.45, 7) is 5.23. The summed E-state index contributed by atoms with van der Waals surface area (Å²) < 4.78 is 5.30. The van der Waals surface area contributed by atoms with Gasteiger partial charge in [-0.15, -0.1) is 0 Å². The van der Waals surface area contributed by atoms with E-state index in [1.807, 2.05) is 19.1 Å². The molecule has 0 unspecified atom stereocenters. The van der Waals surface area contributed by atoms with Crippen LogP contribution < -0.4 is 10.6 Å². The Hall–Kier alpha value is -2.40. The lowest BCUT2D eigenvalue weighted by atomic mass is 10.1. The summed E-state index contributed by atoms with van der Waals surface area (Å²) in [6.07, 6.45) is 1.61. The molecular weight excluding hydrogens is 280 g/mol. The molecule has 0 saturated heterocycles. The maximum Gasteiger partial charge on any atom is 0.241 e. The van der Waals surface area contributed by atoms with Crippen molar-refractivity contribution in [3.05, 3.63) is 54.0 Å². The normalized spacial score (nSPS) is 13.4. The standard InChI is InChI=1S/C17H20N2O3/c1-11(16-5-4-10-22-16)18-12(2)17(21)19-15-8-6-14(7-9-15)13(3)20/h4-12,18H,1-3H3,(H,19,21)/t11-,12+/m1/s1. The third-order valence-corrected chi connectivity index (χ3v) is 3.42. The van der Waals surface area contributed by atoms with Crippen molar-refractivity contribution in [1.82, 2.24) is 5.32 Å². The minimum atomic E-state index is -0.382. The monoisotopic (exact) mass is 300 g/mol. The number of Topliss-reactive ketones (excluding diaryl/α,β-unsaturated/α-hetero) is 1. The molecule has 2 aromatic rings. The molecule has 2 N–H and O–H groups in total. The van der Waals surface area contributed by atoms with Crippen LogP contribution in [0.1, 0.15) is 42.9 Å². The number of nitrogens with one attached hydrogen (secondary N) is 2. The molecule has 0 fully saturated rings. The lowest BCUT2D eigenvalue weighted by molar-refractivity contribution is -0.118. The molecule has 2 rings (SSSR count). The van der Waals surface area contributed by atoms with Crippen LogP contribution in [0.5, 0.6) is 0 Å². The van der Waals surface area contributed by atoms with E-state index in [9.17, 15) is 9.59 Å². The van der Waals surface area contributed by atoms with Gasteiger partial charge < -0.3 is 9.73 Å². The first-order valence-corrected chi connectivity index (χ1v) is 7.18. The number of hydrogen-bond acceptors (Lipinski definition) is 4. The first-order chi connectivity index (χ1) is 10.5. The zero-order valence-corrected chi connectivity index (χ0v) is 12.9. The number of furan rings is 1. The quantitative estimate of drug-likeness (QED) is 0.804. The second-order valence-corrected chi connectivity index (χ2v) is 5.25. The Morgan fingerprint density at radius 1 is 1.09 bits per heavy atom. The van der Waals surface area contributed by atoms with E-state index in [0.29, 0.717) is 11.3 Å². The van der Waals surface area contributed by atoms with Crippen molar-refractivity contribution in [3.8, 4) is 0 Å². The fraction of sp³-hybridized carbons (Fsp3) is 0.294. The SMILES string of the molecule is CC(=O)c1ccc(NC(=O)[C@H](C)N[C@H](C)c2ccco2)cc1. The second-order valence-electron chi connectivity index (χ2n) is 5.25. The minimum Gasteiger partial charge on any atom is -0.468 e. The summed E-state index contributed by atoms with van der Waals surface area (Å²) in [5.74, 6) is 0.639. The minimum absolute atomic E-state index is 0.000170. The molecule has 0 aliphatic carbocycles. The maximum atomic E-state index is 12.2. The van der Waals surface area contributed by atoms with Gasteiger partial charge in [0.15, 0.2) is 5.78 Å². The van der Waals surface area contributed by atoms with Crippen LogP contribution in [-0.4, -0.2) is 17.7 Å². The third kappa shape index (κ3) is 4.05. The van der Waals surface area contributed by atoms with Gasteiger partial charge in [0, 0.05) is 11.3 Å². The molecule has 0 aliphatic rings. The van der Waals surface area contributed by atoms with Crippen molar-refractivity contribution in [2.45, 2.75) is 32.9 Å². The van der Waals surface area contributed by atoms with Gasteiger partial charge in [-0.05, 0) is 57.2 Å². The largest absolute Gasteiger partial charge is 0.468 e. The average Bonchev–Trinajstić information content (AvgIpc) is 3.02. The highest BCUT2D eigenvalue weighted by Crippen LogP contribution is 2.14. The Labute approximate surface area is 129 Å². The molecule has 1 amide bonds. The van der Waals surface area contributed by atoms with Gasteiger partial charge in [0.2, 0.25) is 5.91 Å². The van der Waals surface area contributed by atoms with Crippen LogP contribution in [0.3, 0.4) is 0 Å². The van der Waals surface area contributed by atoms with Crippen LogP contribution in [0.2, 0.25) is 0 Å². The van der Waals surface area contributed by atoms with Crippen molar-refractivity contribution in [3.63, 3.8) is 0 Å². The smallest absolute Gasteiger partial charge is 0.241 e. The van der Waals surface area contributed by atoms with Gasteiger partial charge in [-0.3, -0.25) is 14.9 Å². The Bertz CT molecular complexity index is 632. The molecule has 5 heteroatoms. The van der Waals surface area contributed by atoms with E-state index in [-0.39, 0.29) is 23.8 Å². The van der Waals surface area contributed by atoms with Crippen molar-refractivity contribution in [1.29, 1.82) is 0 Å². The summed E-state index contributed by atoms with van der Waals surface area (Å²) in [6, 6.07) is 10.1. The van der Waals surface area contributed by atoms with Crippen LogP contribution >= 0.6 is 0 Å². The average molecular weight is 300 g/mol. The zero-order valence-electron chi connectivity index (χ0n) is 12.9. The number of carbonyl (C=O) groups excluding carboxylic acids is 2. The second kappa shape index (κ2) is 7.04. The van der Waals surface area contributed by atoms with E-state index in [2.05, 4.69) is 10.6 Å². The molecule has 0 aliphatic heterocycles. The third-order valence-electron chi connectivity index (χ3n) is 3.42. The number of carbonyl (C=O) groups is 2. The fourth-order valence-corrected chi connectivity index (χ4v) is 2.11. The molecule has 0 radical (unpaired) electrons. The highest BCUT2D eigenvalue weighted by atomic mass is 16.3. The van der Waals surface area contributed by atoms with Gasteiger partial charge in [-0.25, -0.2) is 0 Å². The van der Waals surface area contributed by atoms with Gasteiger partial charge in [-0.1, -0.05) is 0 Å². The molecule has 0 spiro atoms. The van der Waals surface area contributed by atoms with E-state index < -0.39 is 0 Å². The van der Waals surface area contributed by atoms with E-state index in [1.165, 1.54) is 6.92 Å². The lowest BCUT2D eigenvalue weighted by Crippen LogP contribution is -2.39. The Kier molecular flexibility index (Phi) is 5.12. The van der Waals surface area contributed by atoms with Gasteiger partial charge in [0.1, 0.15) is 5.76 Å². The first-order valence-electron chi connectivity index (χ1n) is 7.18. The molecule has 1 aromatic heterocycles. The van der Waals surface area contributed by atoms with Crippen LogP contribution in [-0.2, 0) is 4.79 Å². The summed E-state index contributed by atoms with van der Waals surface area (Å²) in [7, 11) is 0. The predicted octanol–water partition coefficient (Wildman–Crippen LogP) is 3.16. The molecular formula is C17H20N2O3. The van der Waals surface area contributed by atoms with Crippen LogP contribution in [0, 0.1) is 0 Å². The number of hydrogen-bond donors (Lipinski definition) is 2. The Morgan fingerprint density at radius 3 is 2.32 bits per heavy atom. The van der Waals surface area contributed by atoms with Crippen LogP contribution in [0.15, 0.2) is 47.1 Å². The molecule has 2 atom stereocenters. The van der Waals surface area contributed by atoms with Crippen LogP contribution in [0.4, 0.5) is 5.69 Å². The molecule has 116 valence electrons. The Morgan fingerprint density at radius 2 is 1.77 bits per heavy atom. The van der Waals surface area contributed by atoms with E-state index in [0.717, 1.165) is 5.76 Å². The first kappa shape index (κ1) is 16.0. The van der Waals surface area contributed by atoms with E-state index >= 15 is 0 Å². The lowest BCUT2D eigenvalue weighted by Gasteiger charge is -2.18. The molecule has 22 heavy (non-hydrogen) atoms. The number of benzene rings is 1. The maximum absolute atomic E-state index is 12.2. The highest BCUT2D eigenvalue weighted by molar-refractivity contribution is 5.96. The van der Waals surface area contributed by atoms with Gasteiger partial charge in [-0.2, -0.15) is 0 Å². The van der Waals surface area contributed by atoms with Gasteiger partial charge >= 0.3 is 0 Å². The van der Waals surface area contributed by atoms with Gasteiger partial charge in [0.05, 0.1) is 18.3 Å². The molecule has 1 aromatic carbocycles. The predicted molar refractivity (Wildman–Crippen MR) is 84.8 cm³/mol. The van der Waals surface area contributed by atoms with E-state index in [4.69, 9.17) is 4.42 Å². The summed E-state index contributed by atoms with van der Waals surface area (Å²) in [5.41, 5.74) is 1.28. The summed E-state index contributed by atoms with van der Waals surface area (Å²) >= 11 is 0. The molecule has 5 nitrogen and oxygen atoms in total. The molecule has 0 bridgehead atoms. The summed E-state index contributed by atoms with van der Waals surface area (Å²) in [5, 5.41) is 5.99. The van der Waals surface area contributed by atoms with Crippen molar-refractivity contribution < 1.29 is 14.0 Å². The topological polar surface area (TPSA) is 71.3 Å². The van der Waals surface area contributed by atoms with Gasteiger partial charge in [0.25, 0.3) is 0 Å². The zero-order chi connectivity index (χ0) is 16.1. The number of ketones is 1. The molecule has 0 saturated carbocycles.